The van der Waals surface area contributed by atoms with Crippen LogP contribution in [0.15, 0.2) is 12.1 Å². The summed E-state index contributed by atoms with van der Waals surface area (Å²) in [6, 6.07) is 3.71. The molecule has 5 heteroatoms. The van der Waals surface area contributed by atoms with Gasteiger partial charge in [-0.15, -0.1) is 10.2 Å². The molecule has 0 saturated heterocycles. The van der Waals surface area contributed by atoms with E-state index in [-0.39, 0.29) is 11.9 Å². The zero-order valence-corrected chi connectivity index (χ0v) is 13.2. The fraction of sp³-hybridized carbons (Fsp3) is 0.667. The molecule has 0 atom stereocenters. The molecule has 0 aliphatic heterocycles. The number of amides is 1. The summed E-state index contributed by atoms with van der Waals surface area (Å²) in [6.07, 6.45) is 1.03. The van der Waals surface area contributed by atoms with E-state index in [1.54, 1.807) is 6.07 Å². The Labute approximate surface area is 121 Å². The Balaban J connectivity index is 2.78. The van der Waals surface area contributed by atoms with Gasteiger partial charge in [0, 0.05) is 19.1 Å². The first-order valence-corrected chi connectivity index (χ1v) is 7.34. The minimum atomic E-state index is -0.0526. The molecule has 1 aromatic rings. The van der Waals surface area contributed by atoms with Gasteiger partial charge >= 0.3 is 0 Å². The standard InChI is InChI=1S/C15H26N4O/c1-6-9-16-14-8-7-13(17-18-14)15(20)19(12(4)5)10-11(2)3/h7-8,11-12H,6,9-10H2,1-5H3,(H,16,18). The average molecular weight is 278 g/mol. The molecule has 1 aromatic heterocycles. The number of aromatic nitrogens is 2. The number of anilines is 1. The summed E-state index contributed by atoms with van der Waals surface area (Å²) in [7, 11) is 0. The molecule has 5 nitrogen and oxygen atoms in total. The van der Waals surface area contributed by atoms with Crippen LogP contribution in [-0.2, 0) is 0 Å². The van der Waals surface area contributed by atoms with Crippen molar-refractivity contribution < 1.29 is 4.79 Å². The highest BCUT2D eigenvalue weighted by molar-refractivity contribution is 5.92. The Morgan fingerprint density at radius 1 is 1.25 bits per heavy atom. The largest absolute Gasteiger partial charge is 0.369 e. The van der Waals surface area contributed by atoms with E-state index in [0.717, 1.165) is 19.5 Å². The zero-order chi connectivity index (χ0) is 15.1. The highest BCUT2D eigenvalue weighted by Crippen LogP contribution is 2.10. The summed E-state index contributed by atoms with van der Waals surface area (Å²) in [5.74, 6) is 1.09. The molecule has 0 aliphatic carbocycles. The van der Waals surface area contributed by atoms with Gasteiger partial charge in [-0.25, -0.2) is 0 Å². The van der Waals surface area contributed by atoms with Crippen LogP contribution in [0.4, 0.5) is 5.82 Å². The van der Waals surface area contributed by atoms with Gasteiger partial charge in [-0.1, -0.05) is 20.8 Å². The van der Waals surface area contributed by atoms with E-state index < -0.39 is 0 Å². The first kappa shape index (κ1) is 16.4. The van der Waals surface area contributed by atoms with E-state index in [1.807, 2.05) is 24.8 Å². The Kier molecular flexibility index (Phi) is 6.42. The van der Waals surface area contributed by atoms with Gasteiger partial charge < -0.3 is 10.2 Å². The lowest BCUT2D eigenvalue weighted by Crippen LogP contribution is -2.40. The van der Waals surface area contributed by atoms with Crippen LogP contribution >= 0.6 is 0 Å². The van der Waals surface area contributed by atoms with Crippen molar-refractivity contribution in [3.8, 4) is 0 Å². The molecule has 1 N–H and O–H groups in total. The Hall–Kier alpha value is -1.65. The molecule has 0 fully saturated rings. The smallest absolute Gasteiger partial charge is 0.274 e. The van der Waals surface area contributed by atoms with Gasteiger partial charge in [0.15, 0.2) is 5.69 Å². The average Bonchev–Trinajstić information content (AvgIpc) is 2.42. The molecule has 0 aromatic carbocycles. The van der Waals surface area contributed by atoms with Crippen LogP contribution in [0, 0.1) is 5.92 Å². The number of carbonyl (C=O) groups excluding carboxylic acids is 1. The van der Waals surface area contributed by atoms with Gasteiger partial charge in [0.2, 0.25) is 0 Å². The van der Waals surface area contributed by atoms with Gasteiger partial charge in [0.25, 0.3) is 5.91 Å². The summed E-state index contributed by atoms with van der Waals surface area (Å²) in [5.41, 5.74) is 0.404. The second-order valence-electron chi connectivity index (χ2n) is 5.68. The molecule has 1 amide bonds. The van der Waals surface area contributed by atoms with Crippen molar-refractivity contribution >= 4 is 11.7 Å². The van der Waals surface area contributed by atoms with Crippen LogP contribution in [0.5, 0.6) is 0 Å². The summed E-state index contributed by atoms with van der Waals surface area (Å²) in [4.78, 5) is 14.3. The molecule has 0 radical (unpaired) electrons. The number of carbonyl (C=O) groups is 1. The lowest BCUT2D eigenvalue weighted by atomic mass is 10.1. The second kappa shape index (κ2) is 7.82. The highest BCUT2D eigenvalue weighted by Gasteiger charge is 2.21. The Morgan fingerprint density at radius 3 is 2.40 bits per heavy atom. The van der Waals surface area contributed by atoms with Gasteiger partial charge in [-0.3, -0.25) is 4.79 Å². The number of nitrogens with one attached hydrogen (secondary N) is 1. The third-order valence-electron chi connectivity index (χ3n) is 2.89. The number of hydrogen-bond donors (Lipinski definition) is 1. The predicted molar refractivity (Wildman–Crippen MR) is 81.8 cm³/mol. The monoisotopic (exact) mass is 278 g/mol. The molecule has 1 rings (SSSR count). The molecular formula is C15H26N4O. The Bertz CT molecular complexity index is 414. The van der Waals surface area contributed by atoms with Crippen LogP contribution < -0.4 is 5.32 Å². The van der Waals surface area contributed by atoms with Crippen molar-refractivity contribution in [2.45, 2.75) is 47.1 Å². The third-order valence-corrected chi connectivity index (χ3v) is 2.89. The number of nitrogens with zero attached hydrogens (tertiary/aromatic N) is 3. The molecule has 0 bridgehead atoms. The summed E-state index contributed by atoms with van der Waals surface area (Å²) < 4.78 is 0. The van der Waals surface area contributed by atoms with Crippen molar-refractivity contribution in [2.75, 3.05) is 18.4 Å². The molecule has 0 spiro atoms. The van der Waals surface area contributed by atoms with Crippen molar-refractivity contribution in [1.29, 1.82) is 0 Å². The van der Waals surface area contributed by atoms with Crippen LogP contribution in [0.2, 0.25) is 0 Å². The van der Waals surface area contributed by atoms with Crippen molar-refractivity contribution in [2.24, 2.45) is 5.92 Å². The van der Waals surface area contributed by atoms with Crippen LogP contribution in [-0.4, -0.2) is 40.1 Å². The highest BCUT2D eigenvalue weighted by atomic mass is 16.2. The summed E-state index contributed by atoms with van der Waals surface area (Å²) in [5, 5.41) is 11.2. The van der Waals surface area contributed by atoms with Crippen molar-refractivity contribution in [1.82, 2.24) is 15.1 Å². The first-order valence-electron chi connectivity index (χ1n) is 7.34. The molecule has 1 heterocycles. The second-order valence-corrected chi connectivity index (χ2v) is 5.68. The summed E-state index contributed by atoms with van der Waals surface area (Å²) in [6.45, 7) is 11.9. The molecule has 0 aliphatic rings. The zero-order valence-electron chi connectivity index (χ0n) is 13.2. The van der Waals surface area contributed by atoms with E-state index in [2.05, 4.69) is 36.3 Å². The maximum absolute atomic E-state index is 12.5. The van der Waals surface area contributed by atoms with E-state index in [4.69, 9.17) is 0 Å². The van der Waals surface area contributed by atoms with Crippen LogP contribution in [0.3, 0.4) is 0 Å². The van der Waals surface area contributed by atoms with E-state index >= 15 is 0 Å². The third kappa shape index (κ3) is 4.79. The van der Waals surface area contributed by atoms with Crippen LogP contribution in [0.1, 0.15) is 51.5 Å². The topological polar surface area (TPSA) is 58.1 Å². The quantitative estimate of drug-likeness (QED) is 0.833. The predicted octanol–water partition coefficient (Wildman–Crippen LogP) is 2.81. The molecule has 0 saturated carbocycles. The molecule has 0 unspecified atom stereocenters. The SMILES string of the molecule is CCCNc1ccc(C(=O)N(CC(C)C)C(C)C)nn1. The van der Waals surface area contributed by atoms with Crippen molar-refractivity contribution in [3.63, 3.8) is 0 Å². The normalized spacial score (nSPS) is 10.9. The van der Waals surface area contributed by atoms with Gasteiger partial charge in [-0.05, 0) is 38.3 Å². The molecule has 112 valence electrons. The fourth-order valence-corrected chi connectivity index (χ4v) is 1.86. The minimum absolute atomic E-state index is 0.0526. The lowest BCUT2D eigenvalue weighted by molar-refractivity contribution is 0.0674. The van der Waals surface area contributed by atoms with E-state index in [1.165, 1.54) is 0 Å². The van der Waals surface area contributed by atoms with Crippen LogP contribution in [0.25, 0.3) is 0 Å². The Morgan fingerprint density at radius 2 is 1.95 bits per heavy atom. The number of rotatable bonds is 7. The van der Waals surface area contributed by atoms with Gasteiger partial charge in [0.1, 0.15) is 5.82 Å². The number of hydrogen-bond acceptors (Lipinski definition) is 4. The maximum atomic E-state index is 12.5. The molecule has 20 heavy (non-hydrogen) atoms. The van der Waals surface area contributed by atoms with Gasteiger partial charge in [-0.2, -0.15) is 0 Å². The van der Waals surface area contributed by atoms with E-state index in [0.29, 0.717) is 17.4 Å². The van der Waals surface area contributed by atoms with E-state index in [9.17, 15) is 4.79 Å². The van der Waals surface area contributed by atoms with Gasteiger partial charge in [0.05, 0.1) is 0 Å². The summed E-state index contributed by atoms with van der Waals surface area (Å²) >= 11 is 0. The minimum Gasteiger partial charge on any atom is -0.369 e. The molecular weight excluding hydrogens is 252 g/mol. The fourth-order valence-electron chi connectivity index (χ4n) is 1.86. The maximum Gasteiger partial charge on any atom is 0.274 e. The van der Waals surface area contributed by atoms with Crippen molar-refractivity contribution in [3.05, 3.63) is 17.8 Å². The first-order chi connectivity index (χ1) is 9.45. The lowest BCUT2D eigenvalue weighted by Gasteiger charge is -2.28.